The van der Waals surface area contributed by atoms with Crippen LogP contribution in [0.4, 0.5) is 0 Å². The van der Waals surface area contributed by atoms with E-state index < -0.39 is 0 Å². The fourth-order valence-electron chi connectivity index (χ4n) is 2.56. The van der Waals surface area contributed by atoms with Crippen molar-refractivity contribution in [3.05, 3.63) is 53.6 Å². The lowest BCUT2D eigenvalue weighted by Crippen LogP contribution is -2.19. The number of nitrogens with zero attached hydrogens (tertiary/aromatic N) is 1. The average Bonchev–Trinajstić information content (AvgIpc) is 2.76. The zero-order chi connectivity index (χ0) is 13.2. The molecule has 0 saturated heterocycles. The summed E-state index contributed by atoms with van der Waals surface area (Å²) in [5.74, 6) is 0.980. The first-order valence-electron chi connectivity index (χ1n) is 6.73. The van der Waals surface area contributed by atoms with E-state index in [2.05, 4.69) is 61.5 Å². The lowest BCUT2D eigenvalue weighted by atomic mass is 10.1. The Morgan fingerprint density at radius 1 is 1.00 bits per heavy atom. The Hall–Kier alpha value is -1.80. The topological polar surface area (TPSA) is 12.5 Å². The van der Waals surface area contributed by atoms with Crippen molar-refractivity contribution in [1.29, 1.82) is 0 Å². The summed E-state index contributed by atoms with van der Waals surface area (Å²) in [5, 5.41) is 0. The molecule has 0 heterocycles. The van der Waals surface area contributed by atoms with Gasteiger partial charge >= 0.3 is 0 Å². The maximum absolute atomic E-state index is 5.80. The molecule has 2 aromatic rings. The van der Waals surface area contributed by atoms with E-state index in [-0.39, 0.29) is 0 Å². The summed E-state index contributed by atoms with van der Waals surface area (Å²) in [7, 11) is 4.12. The minimum atomic E-state index is 0.735. The highest BCUT2D eigenvalue weighted by Crippen LogP contribution is 2.37. The molecule has 19 heavy (non-hydrogen) atoms. The van der Waals surface area contributed by atoms with Gasteiger partial charge in [-0.05, 0) is 54.9 Å². The third kappa shape index (κ3) is 2.49. The highest BCUT2D eigenvalue weighted by Gasteiger charge is 2.17. The van der Waals surface area contributed by atoms with E-state index >= 15 is 0 Å². The van der Waals surface area contributed by atoms with Crippen LogP contribution in [-0.4, -0.2) is 32.1 Å². The summed E-state index contributed by atoms with van der Waals surface area (Å²) < 4.78 is 5.80. The molecule has 1 aliphatic rings. The minimum Gasteiger partial charge on any atom is -0.492 e. The molecule has 0 atom stereocenters. The molecule has 3 rings (SSSR count). The normalized spacial score (nSPS) is 12.4. The molecule has 98 valence electrons. The first kappa shape index (κ1) is 12.2. The molecule has 2 aromatic carbocycles. The van der Waals surface area contributed by atoms with E-state index in [9.17, 15) is 0 Å². The smallest absolute Gasteiger partial charge is 0.119 e. The van der Waals surface area contributed by atoms with Gasteiger partial charge in [-0.3, -0.25) is 0 Å². The number of rotatable bonds is 4. The maximum Gasteiger partial charge on any atom is 0.119 e. The summed E-state index contributed by atoms with van der Waals surface area (Å²) in [5.41, 5.74) is 5.53. The van der Waals surface area contributed by atoms with Gasteiger partial charge in [-0.25, -0.2) is 0 Å². The molecule has 0 amide bonds. The van der Waals surface area contributed by atoms with E-state index in [1.165, 1.54) is 22.3 Å². The zero-order valence-electron chi connectivity index (χ0n) is 11.5. The van der Waals surface area contributed by atoms with E-state index in [4.69, 9.17) is 4.74 Å². The van der Waals surface area contributed by atoms with Crippen molar-refractivity contribution in [2.45, 2.75) is 6.42 Å². The Morgan fingerprint density at radius 2 is 1.79 bits per heavy atom. The van der Waals surface area contributed by atoms with Crippen molar-refractivity contribution < 1.29 is 4.74 Å². The fraction of sp³-hybridized carbons (Fsp3) is 0.294. The van der Waals surface area contributed by atoms with Gasteiger partial charge in [0.05, 0.1) is 0 Å². The average molecular weight is 253 g/mol. The van der Waals surface area contributed by atoms with Crippen molar-refractivity contribution >= 4 is 0 Å². The maximum atomic E-state index is 5.80. The van der Waals surface area contributed by atoms with Crippen molar-refractivity contribution in [1.82, 2.24) is 4.90 Å². The Labute approximate surface area is 114 Å². The summed E-state index contributed by atoms with van der Waals surface area (Å²) in [6.07, 6.45) is 1.02. The Morgan fingerprint density at radius 3 is 2.63 bits per heavy atom. The lowest BCUT2D eigenvalue weighted by Gasteiger charge is -2.11. The number of ether oxygens (including phenoxy) is 1. The van der Waals surface area contributed by atoms with E-state index in [1.807, 2.05) is 0 Å². The second kappa shape index (κ2) is 5.06. The summed E-state index contributed by atoms with van der Waals surface area (Å²) in [6, 6.07) is 15.1. The zero-order valence-corrected chi connectivity index (χ0v) is 11.5. The number of hydrogen-bond acceptors (Lipinski definition) is 2. The largest absolute Gasteiger partial charge is 0.492 e. The van der Waals surface area contributed by atoms with Gasteiger partial charge in [0.2, 0.25) is 0 Å². The molecule has 0 unspecified atom stereocenters. The summed E-state index contributed by atoms with van der Waals surface area (Å²) in [4.78, 5) is 2.13. The van der Waals surface area contributed by atoms with Crippen LogP contribution in [0.1, 0.15) is 11.1 Å². The van der Waals surface area contributed by atoms with Crippen LogP contribution in [0.15, 0.2) is 42.5 Å². The van der Waals surface area contributed by atoms with Crippen LogP contribution in [0.25, 0.3) is 11.1 Å². The van der Waals surface area contributed by atoms with Gasteiger partial charge in [-0.15, -0.1) is 0 Å². The number of fused-ring (bicyclic) bond motifs is 3. The Kier molecular flexibility index (Phi) is 3.26. The van der Waals surface area contributed by atoms with Gasteiger partial charge in [0, 0.05) is 6.54 Å². The first-order chi connectivity index (χ1) is 9.24. The molecule has 2 nitrogen and oxygen atoms in total. The predicted molar refractivity (Wildman–Crippen MR) is 78.7 cm³/mol. The second-order valence-corrected chi connectivity index (χ2v) is 5.30. The SMILES string of the molecule is CN(C)CCOc1ccc2c(c1)Cc1ccccc1-2. The van der Waals surface area contributed by atoms with Crippen molar-refractivity contribution in [3.8, 4) is 16.9 Å². The van der Waals surface area contributed by atoms with E-state index in [1.54, 1.807) is 0 Å². The van der Waals surface area contributed by atoms with Crippen LogP contribution < -0.4 is 4.74 Å². The highest BCUT2D eigenvalue weighted by atomic mass is 16.5. The van der Waals surface area contributed by atoms with E-state index in [0.717, 1.165) is 25.3 Å². The molecule has 0 N–H and O–H groups in total. The van der Waals surface area contributed by atoms with Gasteiger partial charge in [0.25, 0.3) is 0 Å². The molecule has 0 radical (unpaired) electrons. The standard InChI is InChI=1S/C17H19NO/c1-18(2)9-10-19-15-7-8-17-14(12-15)11-13-5-3-4-6-16(13)17/h3-8,12H,9-11H2,1-2H3. The monoisotopic (exact) mass is 253 g/mol. The van der Waals surface area contributed by atoms with Crippen LogP contribution in [0.3, 0.4) is 0 Å². The fourth-order valence-corrected chi connectivity index (χ4v) is 2.56. The molecule has 0 spiro atoms. The number of likely N-dealkylation sites (N-methyl/N-ethyl adjacent to an activating group) is 1. The third-order valence-corrected chi connectivity index (χ3v) is 3.57. The molecule has 1 aliphatic carbocycles. The Balaban J connectivity index is 1.78. The van der Waals surface area contributed by atoms with Crippen LogP contribution in [0, 0.1) is 0 Å². The van der Waals surface area contributed by atoms with Crippen LogP contribution in [0.2, 0.25) is 0 Å². The van der Waals surface area contributed by atoms with Crippen LogP contribution >= 0.6 is 0 Å². The molecule has 2 heteroatoms. The lowest BCUT2D eigenvalue weighted by molar-refractivity contribution is 0.261. The predicted octanol–water partition coefficient (Wildman–Crippen LogP) is 3.20. The minimum absolute atomic E-state index is 0.735. The number of hydrogen-bond donors (Lipinski definition) is 0. The van der Waals surface area contributed by atoms with Gasteiger partial charge in [-0.1, -0.05) is 30.3 Å². The van der Waals surface area contributed by atoms with Crippen LogP contribution in [0.5, 0.6) is 5.75 Å². The summed E-state index contributed by atoms with van der Waals surface area (Å²) in [6.45, 7) is 1.68. The van der Waals surface area contributed by atoms with Gasteiger partial charge in [-0.2, -0.15) is 0 Å². The molecule has 0 saturated carbocycles. The molecule has 0 fully saturated rings. The molecule has 0 aromatic heterocycles. The van der Waals surface area contributed by atoms with E-state index in [0.29, 0.717) is 0 Å². The molecule has 0 aliphatic heterocycles. The first-order valence-corrected chi connectivity index (χ1v) is 6.73. The summed E-state index contributed by atoms with van der Waals surface area (Å²) >= 11 is 0. The van der Waals surface area contributed by atoms with Gasteiger partial charge in [0.1, 0.15) is 12.4 Å². The van der Waals surface area contributed by atoms with Crippen molar-refractivity contribution in [2.24, 2.45) is 0 Å². The van der Waals surface area contributed by atoms with Gasteiger partial charge in [0.15, 0.2) is 0 Å². The third-order valence-electron chi connectivity index (χ3n) is 3.57. The number of benzene rings is 2. The van der Waals surface area contributed by atoms with Gasteiger partial charge < -0.3 is 9.64 Å². The Bertz CT molecular complexity index is 590. The van der Waals surface area contributed by atoms with Crippen molar-refractivity contribution in [3.63, 3.8) is 0 Å². The molecule has 0 bridgehead atoms. The van der Waals surface area contributed by atoms with Crippen LogP contribution in [-0.2, 0) is 6.42 Å². The second-order valence-electron chi connectivity index (χ2n) is 5.30. The highest BCUT2D eigenvalue weighted by molar-refractivity contribution is 5.77. The van der Waals surface area contributed by atoms with Crippen molar-refractivity contribution in [2.75, 3.05) is 27.2 Å². The molecular weight excluding hydrogens is 234 g/mol. The quantitative estimate of drug-likeness (QED) is 0.708. The molecular formula is C17H19NO.